The average molecular weight is 343 g/mol. The number of aliphatic hydroxyl groups is 1. The molecule has 0 saturated carbocycles. The van der Waals surface area contributed by atoms with Gasteiger partial charge in [-0.15, -0.1) is 0 Å². The lowest BCUT2D eigenvalue weighted by molar-refractivity contribution is -0.0140. The van der Waals surface area contributed by atoms with Gasteiger partial charge in [0.05, 0.1) is 5.69 Å². The second-order valence-electron chi connectivity index (χ2n) is 5.95. The SMILES string of the molecule is CC(C)(C)OC(=O)Nc1cc(Br)ccc1C1(O)CNC1. The molecule has 0 aliphatic carbocycles. The van der Waals surface area contributed by atoms with Crippen LogP contribution in [0.2, 0.25) is 0 Å². The third-order valence-corrected chi connectivity index (χ3v) is 3.45. The summed E-state index contributed by atoms with van der Waals surface area (Å²) in [7, 11) is 0. The summed E-state index contributed by atoms with van der Waals surface area (Å²) in [6.45, 7) is 6.35. The Labute approximate surface area is 126 Å². The number of carbonyl (C=O) groups excluding carboxylic acids is 1. The van der Waals surface area contributed by atoms with Crippen molar-refractivity contribution in [3.8, 4) is 0 Å². The minimum Gasteiger partial charge on any atom is -0.444 e. The fraction of sp³-hybridized carbons (Fsp3) is 0.500. The van der Waals surface area contributed by atoms with Crippen LogP contribution in [0.3, 0.4) is 0 Å². The van der Waals surface area contributed by atoms with Crippen LogP contribution >= 0.6 is 15.9 Å². The molecule has 1 heterocycles. The quantitative estimate of drug-likeness (QED) is 0.772. The van der Waals surface area contributed by atoms with Gasteiger partial charge in [-0.2, -0.15) is 0 Å². The second-order valence-corrected chi connectivity index (χ2v) is 6.87. The van der Waals surface area contributed by atoms with Crippen molar-refractivity contribution in [3.05, 3.63) is 28.2 Å². The van der Waals surface area contributed by atoms with E-state index in [0.717, 1.165) is 4.47 Å². The number of nitrogens with one attached hydrogen (secondary N) is 2. The van der Waals surface area contributed by atoms with E-state index < -0.39 is 17.3 Å². The molecule has 2 rings (SSSR count). The fourth-order valence-corrected chi connectivity index (χ4v) is 2.35. The van der Waals surface area contributed by atoms with Gasteiger partial charge in [0.1, 0.15) is 11.2 Å². The van der Waals surface area contributed by atoms with Crippen LogP contribution in [-0.2, 0) is 10.3 Å². The van der Waals surface area contributed by atoms with Gasteiger partial charge >= 0.3 is 6.09 Å². The van der Waals surface area contributed by atoms with Crippen LogP contribution in [0.25, 0.3) is 0 Å². The molecule has 0 spiro atoms. The Morgan fingerprint density at radius 3 is 2.60 bits per heavy atom. The summed E-state index contributed by atoms with van der Waals surface area (Å²) in [5.74, 6) is 0. The number of hydrogen-bond donors (Lipinski definition) is 3. The molecule has 1 amide bonds. The molecule has 1 aliphatic rings. The highest BCUT2D eigenvalue weighted by atomic mass is 79.9. The first-order chi connectivity index (χ1) is 9.20. The van der Waals surface area contributed by atoms with Gasteiger partial charge in [0, 0.05) is 23.1 Å². The van der Waals surface area contributed by atoms with Crippen LogP contribution in [0.4, 0.5) is 10.5 Å². The number of anilines is 1. The molecule has 20 heavy (non-hydrogen) atoms. The lowest BCUT2D eigenvalue weighted by Gasteiger charge is -2.39. The molecule has 1 fully saturated rings. The van der Waals surface area contributed by atoms with Crippen LogP contribution in [0.1, 0.15) is 26.3 Å². The number of rotatable bonds is 2. The van der Waals surface area contributed by atoms with Crippen molar-refractivity contribution in [1.29, 1.82) is 0 Å². The van der Waals surface area contributed by atoms with E-state index in [4.69, 9.17) is 4.74 Å². The van der Waals surface area contributed by atoms with E-state index in [0.29, 0.717) is 24.3 Å². The number of ether oxygens (including phenoxy) is 1. The largest absolute Gasteiger partial charge is 0.444 e. The zero-order valence-corrected chi connectivity index (χ0v) is 13.4. The Bertz CT molecular complexity index is 522. The molecule has 0 aromatic heterocycles. The van der Waals surface area contributed by atoms with Crippen molar-refractivity contribution in [1.82, 2.24) is 5.32 Å². The van der Waals surface area contributed by atoms with Gasteiger partial charge in [0.2, 0.25) is 0 Å². The summed E-state index contributed by atoms with van der Waals surface area (Å²) < 4.78 is 6.06. The Morgan fingerprint density at radius 2 is 2.10 bits per heavy atom. The van der Waals surface area contributed by atoms with Crippen molar-refractivity contribution in [2.75, 3.05) is 18.4 Å². The van der Waals surface area contributed by atoms with Crippen LogP contribution in [0, 0.1) is 0 Å². The third-order valence-electron chi connectivity index (χ3n) is 2.95. The van der Waals surface area contributed by atoms with Gasteiger partial charge in [-0.05, 0) is 32.9 Å². The lowest BCUT2D eigenvalue weighted by atomic mass is 9.87. The molecule has 1 aromatic rings. The highest BCUT2D eigenvalue weighted by Crippen LogP contribution is 2.33. The van der Waals surface area contributed by atoms with E-state index in [1.807, 2.05) is 6.07 Å². The predicted molar refractivity (Wildman–Crippen MR) is 80.8 cm³/mol. The summed E-state index contributed by atoms with van der Waals surface area (Å²) in [4.78, 5) is 11.9. The normalized spacial score (nSPS) is 17.2. The molecule has 0 radical (unpaired) electrons. The Morgan fingerprint density at radius 1 is 1.45 bits per heavy atom. The van der Waals surface area contributed by atoms with Crippen molar-refractivity contribution in [2.45, 2.75) is 32.0 Å². The van der Waals surface area contributed by atoms with Crippen molar-refractivity contribution in [2.24, 2.45) is 0 Å². The molecule has 6 heteroatoms. The van der Waals surface area contributed by atoms with Gasteiger partial charge in [-0.3, -0.25) is 5.32 Å². The standard InChI is InChI=1S/C14H19BrN2O3/c1-13(2,3)20-12(18)17-11-6-9(15)4-5-10(11)14(19)7-16-8-14/h4-6,16,19H,7-8H2,1-3H3,(H,17,18). The van der Waals surface area contributed by atoms with E-state index in [-0.39, 0.29) is 0 Å². The number of benzene rings is 1. The minimum absolute atomic E-state index is 0.470. The molecule has 110 valence electrons. The first kappa shape index (κ1) is 15.3. The average Bonchev–Trinajstić information content (AvgIpc) is 2.23. The summed E-state index contributed by atoms with van der Waals surface area (Å²) in [5, 5.41) is 16.2. The smallest absolute Gasteiger partial charge is 0.412 e. The van der Waals surface area contributed by atoms with E-state index in [2.05, 4.69) is 26.6 Å². The minimum atomic E-state index is -0.939. The molecular weight excluding hydrogens is 324 g/mol. The molecule has 5 nitrogen and oxygen atoms in total. The highest BCUT2D eigenvalue weighted by molar-refractivity contribution is 9.10. The molecule has 3 N–H and O–H groups in total. The van der Waals surface area contributed by atoms with E-state index >= 15 is 0 Å². The predicted octanol–water partition coefficient (Wildman–Crippen LogP) is 2.59. The number of hydrogen-bond acceptors (Lipinski definition) is 4. The molecule has 1 aromatic carbocycles. The van der Waals surface area contributed by atoms with Gasteiger partial charge in [0.15, 0.2) is 0 Å². The highest BCUT2D eigenvalue weighted by Gasteiger charge is 2.38. The Hall–Kier alpha value is -1.11. The third kappa shape index (κ3) is 3.50. The first-order valence-electron chi connectivity index (χ1n) is 6.43. The molecule has 0 bridgehead atoms. The summed E-state index contributed by atoms with van der Waals surface area (Å²) in [6.07, 6.45) is -0.535. The van der Waals surface area contributed by atoms with Crippen LogP contribution < -0.4 is 10.6 Å². The maximum atomic E-state index is 11.9. The number of carbonyl (C=O) groups is 1. The second kappa shape index (κ2) is 5.35. The van der Waals surface area contributed by atoms with Crippen LogP contribution in [0.5, 0.6) is 0 Å². The van der Waals surface area contributed by atoms with E-state index in [1.54, 1.807) is 32.9 Å². The lowest BCUT2D eigenvalue weighted by Crippen LogP contribution is -2.57. The maximum Gasteiger partial charge on any atom is 0.412 e. The summed E-state index contributed by atoms with van der Waals surface area (Å²) in [5.41, 5.74) is -0.265. The van der Waals surface area contributed by atoms with Crippen molar-refractivity contribution in [3.63, 3.8) is 0 Å². The Balaban J connectivity index is 2.22. The van der Waals surface area contributed by atoms with Crippen LogP contribution in [0.15, 0.2) is 22.7 Å². The molecule has 1 saturated heterocycles. The van der Waals surface area contributed by atoms with Gasteiger partial charge in [-0.25, -0.2) is 4.79 Å². The van der Waals surface area contributed by atoms with Gasteiger partial charge in [0.25, 0.3) is 0 Å². The van der Waals surface area contributed by atoms with Crippen LogP contribution in [-0.4, -0.2) is 29.9 Å². The van der Waals surface area contributed by atoms with Gasteiger partial charge < -0.3 is 15.2 Å². The van der Waals surface area contributed by atoms with E-state index in [9.17, 15) is 9.90 Å². The number of halogens is 1. The van der Waals surface area contributed by atoms with E-state index in [1.165, 1.54) is 0 Å². The summed E-state index contributed by atoms with van der Waals surface area (Å²) in [6, 6.07) is 5.40. The fourth-order valence-electron chi connectivity index (χ4n) is 1.99. The zero-order valence-electron chi connectivity index (χ0n) is 11.8. The maximum absolute atomic E-state index is 11.9. The molecular formula is C14H19BrN2O3. The molecule has 1 aliphatic heterocycles. The van der Waals surface area contributed by atoms with Gasteiger partial charge in [-0.1, -0.05) is 22.0 Å². The topological polar surface area (TPSA) is 70.6 Å². The Kier molecular flexibility index (Phi) is 4.09. The van der Waals surface area contributed by atoms with Crippen molar-refractivity contribution < 1.29 is 14.6 Å². The summed E-state index contributed by atoms with van der Waals surface area (Å²) >= 11 is 3.36. The monoisotopic (exact) mass is 342 g/mol. The number of β-amino-alcohol motifs (C(OH)–C–C–N with tert-alkyl or cyclic N) is 1. The zero-order chi connectivity index (χ0) is 15.0. The molecule has 0 unspecified atom stereocenters. The van der Waals surface area contributed by atoms with Crippen molar-refractivity contribution >= 4 is 27.7 Å². The molecule has 0 atom stereocenters. The number of amides is 1. The first-order valence-corrected chi connectivity index (χ1v) is 7.22.